The van der Waals surface area contributed by atoms with Crippen molar-refractivity contribution in [2.45, 2.75) is 26.4 Å². The quantitative estimate of drug-likeness (QED) is 0.683. The maximum atomic E-state index is 10.2. The first-order valence-electron chi connectivity index (χ1n) is 6.52. The van der Waals surface area contributed by atoms with E-state index in [-0.39, 0.29) is 0 Å². The predicted molar refractivity (Wildman–Crippen MR) is 78.6 cm³/mol. The summed E-state index contributed by atoms with van der Waals surface area (Å²) in [7, 11) is 3.88. The van der Waals surface area contributed by atoms with Crippen molar-refractivity contribution in [3.05, 3.63) is 11.9 Å². The minimum atomic E-state index is -0.806. The van der Waals surface area contributed by atoms with Gasteiger partial charge in [0.2, 0.25) is 0 Å². The molecule has 6 heteroatoms. The lowest BCUT2D eigenvalue weighted by Crippen LogP contribution is -2.43. The number of nitrogens with zero attached hydrogens (tertiary/aromatic N) is 3. The summed E-state index contributed by atoms with van der Waals surface area (Å²) in [4.78, 5) is 10.4. The molecule has 1 aromatic heterocycles. The lowest BCUT2D eigenvalue weighted by atomic mass is 10.1. The van der Waals surface area contributed by atoms with Crippen LogP contribution in [-0.4, -0.2) is 59.3 Å². The highest BCUT2D eigenvalue weighted by Gasteiger charge is 2.21. The Hall–Kier alpha value is -1.40. The summed E-state index contributed by atoms with van der Waals surface area (Å²) in [5.41, 5.74) is 0.157. The fourth-order valence-electron chi connectivity index (χ4n) is 1.99. The lowest BCUT2D eigenvalue weighted by molar-refractivity contribution is 0.0459. The predicted octanol–water partition coefficient (Wildman–Crippen LogP) is 0.941. The molecule has 0 bridgehead atoms. The summed E-state index contributed by atoms with van der Waals surface area (Å²) < 4.78 is 0. The SMILES string of the molecule is CCNc1ncnc(NCC(C)(O)CN(C)C)c1C. The number of aliphatic hydroxyl groups is 1. The molecule has 0 saturated heterocycles. The third-order valence-corrected chi connectivity index (χ3v) is 2.72. The molecule has 0 aliphatic carbocycles. The Labute approximate surface area is 115 Å². The van der Waals surface area contributed by atoms with Crippen LogP contribution in [0, 0.1) is 6.92 Å². The highest BCUT2D eigenvalue weighted by molar-refractivity contribution is 5.56. The van der Waals surface area contributed by atoms with E-state index in [9.17, 15) is 5.11 Å². The fourth-order valence-corrected chi connectivity index (χ4v) is 1.99. The molecule has 0 spiro atoms. The smallest absolute Gasteiger partial charge is 0.134 e. The third-order valence-electron chi connectivity index (χ3n) is 2.72. The van der Waals surface area contributed by atoms with Crippen molar-refractivity contribution in [3.8, 4) is 0 Å². The summed E-state index contributed by atoms with van der Waals surface area (Å²) in [5.74, 6) is 1.58. The minimum absolute atomic E-state index is 0.439. The maximum absolute atomic E-state index is 10.2. The summed E-state index contributed by atoms with van der Waals surface area (Å²) in [6.45, 7) is 7.63. The first-order valence-corrected chi connectivity index (χ1v) is 6.52. The normalized spacial score (nSPS) is 14.3. The first kappa shape index (κ1) is 15.7. The second-order valence-corrected chi connectivity index (χ2v) is 5.31. The van der Waals surface area contributed by atoms with Gasteiger partial charge in [0.05, 0.1) is 5.60 Å². The molecule has 0 aromatic carbocycles. The third kappa shape index (κ3) is 5.00. The Morgan fingerprint density at radius 3 is 2.37 bits per heavy atom. The molecule has 1 aromatic rings. The lowest BCUT2D eigenvalue weighted by Gasteiger charge is -2.27. The van der Waals surface area contributed by atoms with Crippen LogP contribution in [0.2, 0.25) is 0 Å². The van der Waals surface area contributed by atoms with Crippen molar-refractivity contribution >= 4 is 11.6 Å². The number of hydrogen-bond acceptors (Lipinski definition) is 6. The Bertz CT molecular complexity index is 406. The second kappa shape index (κ2) is 6.68. The Morgan fingerprint density at radius 1 is 1.26 bits per heavy atom. The van der Waals surface area contributed by atoms with Gasteiger partial charge in [-0.15, -0.1) is 0 Å². The van der Waals surface area contributed by atoms with Gasteiger partial charge < -0.3 is 20.6 Å². The van der Waals surface area contributed by atoms with Crippen molar-refractivity contribution in [1.29, 1.82) is 0 Å². The zero-order valence-corrected chi connectivity index (χ0v) is 12.5. The van der Waals surface area contributed by atoms with E-state index in [0.717, 1.165) is 23.7 Å². The van der Waals surface area contributed by atoms with Crippen molar-refractivity contribution < 1.29 is 5.11 Å². The van der Waals surface area contributed by atoms with Crippen LogP contribution in [-0.2, 0) is 0 Å². The number of aromatic nitrogens is 2. The van der Waals surface area contributed by atoms with Crippen LogP contribution < -0.4 is 10.6 Å². The van der Waals surface area contributed by atoms with Crippen LogP contribution in [0.4, 0.5) is 11.6 Å². The highest BCUT2D eigenvalue weighted by Crippen LogP contribution is 2.18. The number of likely N-dealkylation sites (N-methyl/N-ethyl adjacent to an activating group) is 1. The zero-order chi connectivity index (χ0) is 14.5. The molecule has 19 heavy (non-hydrogen) atoms. The molecule has 1 atom stereocenters. The van der Waals surface area contributed by atoms with Gasteiger partial charge in [-0.2, -0.15) is 0 Å². The molecule has 1 unspecified atom stereocenters. The van der Waals surface area contributed by atoms with E-state index in [2.05, 4.69) is 20.6 Å². The molecule has 0 amide bonds. The van der Waals surface area contributed by atoms with Gasteiger partial charge in [-0.1, -0.05) is 0 Å². The van der Waals surface area contributed by atoms with Crippen molar-refractivity contribution in [2.24, 2.45) is 0 Å². The topological polar surface area (TPSA) is 73.3 Å². The number of nitrogens with one attached hydrogen (secondary N) is 2. The zero-order valence-electron chi connectivity index (χ0n) is 12.5. The minimum Gasteiger partial charge on any atom is -0.387 e. The van der Waals surface area contributed by atoms with Gasteiger partial charge in [0.25, 0.3) is 0 Å². The van der Waals surface area contributed by atoms with E-state index in [4.69, 9.17) is 0 Å². The molecule has 1 rings (SSSR count). The van der Waals surface area contributed by atoms with Crippen LogP contribution in [0.5, 0.6) is 0 Å². The maximum Gasteiger partial charge on any atom is 0.134 e. The molecule has 3 N–H and O–H groups in total. The van der Waals surface area contributed by atoms with E-state index >= 15 is 0 Å². The fraction of sp³-hybridized carbons (Fsp3) is 0.692. The Balaban J connectivity index is 2.70. The van der Waals surface area contributed by atoms with E-state index in [0.29, 0.717) is 13.1 Å². The van der Waals surface area contributed by atoms with Crippen molar-refractivity contribution in [3.63, 3.8) is 0 Å². The molecule has 0 aliphatic heterocycles. The number of anilines is 2. The van der Waals surface area contributed by atoms with E-state index in [1.165, 1.54) is 6.33 Å². The molecule has 1 heterocycles. The van der Waals surface area contributed by atoms with Crippen LogP contribution in [0.1, 0.15) is 19.4 Å². The number of rotatable bonds is 7. The Morgan fingerprint density at radius 2 is 1.84 bits per heavy atom. The van der Waals surface area contributed by atoms with Gasteiger partial charge in [-0.3, -0.25) is 0 Å². The molecular weight excluding hydrogens is 242 g/mol. The average Bonchev–Trinajstić information content (AvgIpc) is 2.29. The molecule has 6 nitrogen and oxygen atoms in total. The van der Waals surface area contributed by atoms with Crippen molar-refractivity contribution in [2.75, 3.05) is 44.4 Å². The Kier molecular flexibility index (Phi) is 5.50. The molecule has 0 fully saturated rings. The summed E-state index contributed by atoms with van der Waals surface area (Å²) in [5, 5.41) is 16.6. The van der Waals surface area contributed by atoms with E-state index in [1.54, 1.807) is 0 Å². The van der Waals surface area contributed by atoms with E-state index in [1.807, 2.05) is 39.8 Å². The largest absolute Gasteiger partial charge is 0.387 e. The molecule has 0 radical (unpaired) electrons. The average molecular weight is 267 g/mol. The standard InChI is InChI=1S/C13H25N5O/c1-6-14-11-10(2)12(17-9-16-11)15-7-13(3,19)8-18(4)5/h9,19H,6-8H2,1-5H3,(H2,14,15,16,17). The van der Waals surface area contributed by atoms with Crippen LogP contribution in [0.25, 0.3) is 0 Å². The molecule has 108 valence electrons. The van der Waals surface area contributed by atoms with Gasteiger partial charge in [0.15, 0.2) is 0 Å². The summed E-state index contributed by atoms with van der Waals surface area (Å²) >= 11 is 0. The van der Waals surface area contributed by atoms with Crippen LogP contribution in [0.15, 0.2) is 6.33 Å². The first-order chi connectivity index (χ1) is 8.85. The number of hydrogen-bond donors (Lipinski definition) is 3. The van der Waals surface area contributed by atoms with Gasteiger partial charge in [-0.25, -0.2) is 9.97 Å². The molecule has 0 aliphatic rings. The second-order valence-electron chi connectivity index (χ2n) is 5.31. The monoisotopic (exact) mass is 267 g/mol. The van der Waals surface area contributed by atoms with Crippen molar-refractivity contribution in [1.82, 2.24) is 14.9 Å². The van der Waals surface area contributed by atoms with Gasteiger partial charge in [0.1, 0.15) is 18.0 Å². The van der Waals surface area contributed by atoms with Gasteiger partial charge in [0, 0.05) is 25.2 Å². The van der Waals surface area contributed by atoms with Crippen LogP contribution in [0.3, 0.4) is 0 Å². The van der Waals surface area contributed by atoms with Gasteiger partial charge >= 0.3 is 0 Å². The molecular formula is C13H25N5O. The van der Waals surface area contributed by atoms with Gasteiger partial charge in [-0.05, 0) is 34.9 Å². The summed E-state index contributed by atoms with van der Waals surface area (Å²) in [6.07, 6.45) is 1.52. The molecule has 0 saturated carbocycles. The van der Waals surface area contributed by atoms with E-state index < -0.39 is 5.60 Å². The summed E-state index contributed by atoms with van der Waals surface area (Å²) in [6, 6.07) is 0. The van der Waals surface area contributed by atoms with Crippen LogP contribution >= 0.6 is 0 Å². The highest BCUT2D eigenvalue weighted by atomic mass is 16.3.